The third-order valence-corrected chi connectivity index (χ3v) is 4.04. The molecule has 2 rings (SSSR count). The smallest absolute Gasteiger partial charge is 0.237 e. The number of benzene rings is 1. The topological polar surface area (TPSA) is 52.7 Å². The predicted octanol–water partition coefficient (Wildman–Crippen LogP) is 0.995. The van der Waals surface area contributed by atoms with Gasteiger partial charge < -0.3 is 10.2 Å². The summed E-state index contributed by atoms with van der Waals surface area (Å²) in [5.41, 5.74) is 0.540. The van der Waals surface area contributed by atoms with Crippen LogP contribution in [0, 0.1) is 5.82 Å². The van der Waals surface area contributed by atoms with Gasteiger partial charge in [-0.05, 0) is 13.0 Å². The zero-order valence-corrected chi connectivity index (χ0v) is 13.0. The molecular weight excluding hydrogens is 285 g/mol. The lowest BCUT2D eigenvalue weighted by Gasteiger charge is -2.35. The highest BCUT2D eigenvalue weighted by Gasteiger charge is 2.32. The average molecular weight is 307 g/mol. The van der Waals surface area contributed by atoms with Crippen LogP contribution < -0.4 is 5.32 Å². The van der Waals surface area contributed by atoms with Crippen molar-refractivity contribution in [3.63, 3.8) is 0 Å². The molecule has 1 N–H and O–H groups in total. The minimum atomic E-state index is -0.546. The molecule has 0 bridgehead atoms. The van der Waals surface area contributed by atoms with Crippen LogP contribution in [-0.4, -0.2) is 54.3 Å². The number of hydrogen-bond donors (Lipinski definition) is 1. The number of nitrogens with one attached hydrogen (secondary N) is 1. The monoisotopic (exact) mass is 307 g/mol. The van der Waals surface area contributed by atoms with Gasteiger partial charge in [0.05, 0.1) is 12.5 Å². The second kappa shape index (κ2) is 7.35. The van der Waals surface area contributed by atoms with Gasteiger partial charge in [-0.2, -0.15) is 0 Å². The van der Waals surface area contributed by atoms with Crippen molar-refractivity contribution in [3.05, 3.63) is 35.6 Å². The Morgan fingerprint density at radius 3 is 2.86 bits per heavy atom. The van der Waals surface area contributed by atoms with Gasteiger partial charge in [-0.1, -0.05) is 18.2 Å². The summed E-state index contributed by atoms with van der Waals surface area (Å²) in [5, 5.41) is 2.78. The van der Waals surface area contributed by atoms with Crippen molar-refractivity contribution in [2.45, 2.75) is 25.9 Å². The van der Waals surface area contributed by atoms with E-state index in [0.717, 1.165) is 0 Å². The van der Waals surface area contributed by atoms with Gasteiger partial charge in [0, 0.05) is 38.8 Å². The minimum Gasteiger partial charge on any atom is -0.353 e. The van der Waals surface area contributed by atoms with E-state index < -0.39 is 6.04 Å². The van der Waals surface area contributed by atoms with Crippen LogP contribution in [0.2, 0.25) is 0 Å². The molecule has 6 heteroatoms. The summed E-state index contributed by atoms with van der Waals surface area (Å²) in [5.74, 6) is -0.534. The third kappa shape index (κ3) is 3.82. The standard InChI is InChI=1S/C16H22FN3O2/c1-3-19(2)15(21)10-14-16(22)18-8-9-20(14)11-12-6-4-5-7-13(12)17/h4-7,14H,3,8-11H2,1-2H3,(H,18,22)/t14-/m0/s1. The molecule has 0 radical (unpaired) electrons. The maximum Gasteiger partial charge on any atom is 0.237 e. The van der Waals surface area contributed by atoms with Crippen molar-refractivity contribution in [1.82, 2.24) is 15.1 Å². The zero-order chi connectivity index (χ0) is 16.1. The molecule has 1 atom stereocenters. The molecule has 1 saturated heterocycles. The molecule has 0 saturated carbocycles. The number of hydrogen-bond acceptors (Lipinski definition) is 3. The SMILES string of the molecule is CCN(C)C(=O)C[C@H]1C(=O)NCCN1Cc1ccccc1F. The van der Waals surface area contributed by atoms with Crippen LogP contribution in [0.25, 0.3) is 0 Å². The number of carbonyl (C=O) groups excluding carboxylic acids is 2. The molecule has 1 aliphatic heterocycles. The Hall–Kier alpha value is -1.95. The van der Waals surface area contributed by atoms with E-state index in [-0.39, 0.29) is 24.1 Å². The van der Waals surface area contributed by atoms with E-state index in [9.17, 15) is 14.0 Å². The number of piperazine rings is 1. The minimum absolute atomic E-state index is 0.0805. The lowest BCUT2D eigenvalue weighted by Crippen LogP contribution is -2.56. The van der Waals surface area contributed by atoms with Gasteiger partial charge in [-0.25, -0.2) is 4.39 Å². The molecule has 1 fully saturated rings. The molecule has 0 aliphatic carbocycles. The van der Waals surface area contributed by atoms with Crippen molar-refractivity contribution in [2.75, 3.05) is 26.7 Å². The highest BCUT2D eigenvalue weighted by atomic mass is 19.1. The summed E-state index contributed by atoms with van der Waals surface area (Å²) in [6.07, 6.45) is 0.116. The number of rotatable bonds is 5. The summed E-state index contributed by atoms with van der Waals surface area (Å²) in [7, 11) is 1.71. The second-order valence-electron chi connectivity index (χ2n) is 5.48. The molecular formula is C16H22FN3O2. The maximum atomic E-state index is 13.8. The number of amides is 2. The van der Waals surface area contributed by atoms with E-state index in [4.69, 9.17) is 0 Å². The number of halogens is 1. The molecule has 120 valence electrons. The van der Waals surface area contributed by atoms with E-state index in [1.165, 1.54) is 6.07 Å². The summed E-state index contributed by atoms with van der Waals surface area (Å²) in [6.45, 7) is 3.93. The Morgan fingerprint density at radius 1 is 1.45 bits per heavy atom. The van der Waals surface area contributed by atoms with Gasteiger partial charge in [0.2, 0.25) is 11.8 Å². The lowest BCUT2D eigenvalue weighted by atomic mass is 10.1. The van der Waals surface area contributed by atoms with Crippen LogP contribution in [0.15, 0.2) is 24.3 Å². The van der Waals surface area contributed by atoms with Crippen molar-refractivity contribution in [2.24, 2.45) is 0 Å². The quantitative estimate of drug-likeness (QED) is 0.883. The molecule has 1 aliphatic rings. The van der Waals surface area contributed by atoms with Crippen LogP contribution in [-0.2, 0) is 16.1 Å². The van der Waals surface area contributed by atoms with Crippen molar-refractivity contribution >= 4 is 11.8 Å². The van der Waals surface area contributed by atoms with E-state index in [2.05, 4.69) is 5.32 Å². The Morgan fingerprint density at radius 2 is 2.18 bits per heavy atom. The summed E-state index contributed by atoms with van der Waals surface area (Å²) in [6, 6.07) is 5.98. The van der Waals surface area contributed by atoms with E-state index in [1.807, 2.05) is 11.8 Å². The average Bonchev–Trinajstić information content (AvgIpc) is 2.51. The van der Waals surface area contributed by atoms with Gasteiger partial charge in [-0.3, -0.25) is 14.5 Å². The Kier molecular flexibility index (Phi) is 5.49. The molecule has 0 spiro atoms. The van der Waals surface area contributed by atoms with Crippen LogP contribution >= 0.6 is 0 Å². The number of nitrogens with zero attached hydrogens (tertiary/aromatic N) is 2. The molecule has 2 amide bonds. The van der Waals surface area contributed by atoms with Gasteiger partial charge in [-0.15, -0.1) is 0 Å². The fraction of sp³-hybridized carbons (Fsp3) is 0.500. The largest absolute Gasteiger partial charge is 0.353 e. The van der Waals surface area contributed by atoms with E-state index in [0.29, 0.717) is 31.7 Å². The molecule has 1 aromatic rings. The first-order valence-corrected chi connectivity index (χ1v) is 7.52. The van der Waals surface area contributed by atoms with Crippen LogP contribution in [0.5, 0.6) is 0 Å². The molecule has 1 heterocycles. The molecule has 1 aromatic carbocycles. The summed E-state index contributed by atoms with van der Waals surface area (Å²) in [4.78, 5) is 27.7. The molecule has 5 nitrogen and oxygen atoms in total. The lowest BCUT2D eigenvalue weighted by molar-refractivity contribution is -0.138. The Balaban J connectivity index is 2.11. The highest BCUT2D eigenvalue weighted by Crippen LogP contribution is 2.16. The first-order valence-electron chi connectivity index (χ1n) is 7.52. The number of carbonyl (C=O) groups is 2. The predicted molar refractivity (Wildman–Crippen MR) is 81.5 cm³/mol. The van der Waals surface area contributed by atoms with Gasteiger partial charge in [0.1, 0.15) is 5.82 Å². The highest BCUT2D eigenvalue weighted by molar-refractivity contribution is 5.88. The Labute approximate surface area is 130 Å². The van der Waals surface area contributed by atoms with Crippen molar-refractivity contribution in [3.8, 4) is 0 Å². The summed E-state index contributed by atoms with van der Waals surface area (Å²) < 4.78 is 13.8. The van der Waals surface area contributed by atoms with E-state index in [1.54, 1.807) is 30.1 Å². The zero-order valence-electron chi connectivity index (χ0n) is 13.0. The van der Waals surface area contributed by atoms with Gasteiger partial charge in [0.15, 0.2) is 0 Å². The fourth-order valence-corrected chi connectivity index (χ4v) is 2.52. The second-order valence-corrected chi connectivity index (χ2v) is 5.48. The Bertz CT molecular complexity index is 550. The van der Waals surface area contributed by atoms with Crippen molar-refractivity contribution < 1.29 is 14.0 Å². The normalized spacial score (nSPS) is 18.9. The van der Waals surface area contributed by atoms with E-state index >= 15 is 0 Å². The first-order chi connectivity index (χ1) is 10.5. The third-order valence-electron chi connectivity index (χ3n) is 4.04. The molecule has 22 heavy (non-hydrogen) atoms. The van der Waals surface area contributed by atoms with Gasteiger partial charge >= 0.3 is 0 Å². The van der Waals surface area contributed by atoms with Crippen molar-refractivity contribution in [1.29, 1.82) is 0 Å². The molecule has 0 aromatic heterocycles. The molecule has 0 unspecified atom stereocenters. The van der Waals surface area contributed by atoms with Crippen LogP contribution in [0.1, 0.15) is 18.9 Å². The fourth-order valence-electron chi connectivity index (χ4n) is 2.52. The first kappa shape index (κ1) is 16.4. The maximum absolute atomic E-state index is 13.8. The van der Waals surface area contributed by atoms with Gasteiger partial charge in [0.25, 0.3) is 0 Å². The summed E-state index contributed by atoms with van der Waals surface area (Å²) >= 11 is 0. The van der Waals surface area contributed by atoms with Crippen LogP contribution in [0.3, 0.4) is 0 Å². The van der Waals surface area contributed by atoms with Crippen LogP contribution in [0.4, 0.5) is 4.39 Å².